The van der Waals surface area contributed by atoms with Crippen LogP contribution in [-0.2, 0) is 9.59 Å². The van der Waals surface area contributed by atoms with Crippen LogP contribution in [0.1, 0.15) is 32.6 Å². The van der Waals surface area contributed by atoms with E-state index in [2.05, 4.69) is 5.32 Å². The molecule has 0 bridgehead atoms. The monoisotopic (exact) mass is 253 g/mol. The highest BCUT2D eigenvalue weighted by Gasteiger charge is 2.32. The van der Waals surface area contributed by atoms with E-state index >= 15 is 0 Å². The lowest BCUT2D eigenvalue weighted by Gasteiger charge is -2.30. The van der Waals surface area contributed by atoms with Crippen LogP contribution >= 0.6 is 0 Å². The average Bonchev–Trinajstić information content (AvgIpc) is 2.71. The second-order valence-electron chi connectivity index (χ2n) is 5.38. The van der Waals surface area contributed by atoms with Crippen LogP contribution in [-0.4, -0.2) is 60.4 Å². The molecule has 0 spiro atoms. The van der Waals surface area contributed by atoms with Gasteiger partial charge in [0.2, 0.25) is 11.8 Å². The van der Waals surface area contributed by atoms with Crippen molar-refractivity contribution in [1.82, 2.24) is 15.1 Å². The van der Waals surface area contributed by atoms with Gasteiger partial charge in [0, 0.05) is 26.7 Å². The number of likely N-dealkylation sites (N-methyl/N-ethyl adjacent to an activating group) is 1. The highest BCUT2D eigenvalue weighted by Crippen LogP contribution is 2.12. The van der Waals surface area contributed by atoms with E-state index in [1.54, 1.807) is 11.9 Å². The summed E-state index contributed by atoms with van der Waals surface area (Å²) in [4.78, 5) is 27.6. The molecule has 0 aromatic heterocycles. The minimum absolute atomic E-state index is 0.105. The number of carbonyl (C=O) groups is 2. The SMILES string of the molecule is CC(NC1CCN(C)C1=O)C(=O)N1CCCCC1. The average molecular weight is 253 g/mol. The highest BCUT2D eigenvalue weighted by molar-refractivity contribution is 5.86. The van der Waals surface area contributed by atoms with Gasteiger partial charge in [0.05, 0.1) is 12.1 Å². The fourth-order valence-electron chi connectivity index (χ4n) is 2.74. The number of carbonyl (C=O) groups excluding carboxylic acids is 2. The maximum atomic E-state index is 12.2. The molecule has 2 rings (SSSR count). The van der Waals surface area contributed by atoms with Gasteiger partial charge in [0.1, 0.15) is 0 Å². The fraction of sp³-hybridized carbons (Fsp3) is 0.846. The van der Waals surface area contributed by atoms with Crippen molar-refractivity contribution in [3.8, 4) is 0 Å². The third-order valence-electron chi connectivity index (χ3n) is 3.92. The zero-order valence-electron chi connectivity index (χ0n) is 11.3. The number of amides is 2. The summed E-state index contributed by atoms with van der Waals surface area (Å²) in [6.07, 6.45) is 4.22. The lowest BCUT2D eigenvalue weighted by molar-refractivity contribution is -0.134. The standard InChI is InChI=1S/C13H23N3O2/c1-10(12(17)16-7-4-3-5-8-16)14-11-6-9-15(2)13(11)18/h10-11,14H,3-9H2,1-2H3. The Morgan fingerprint density at radius 1 is 1.28 bits per heavy atom. The Labute approximate surface area is 108 Å². The molecule has 2 atom stereocenters. The Bertz CT molecular complexity index is 326. The largest absolute Gasteiger partial charge is 0.344 e. The van der Waals surface area contributed by atoms with Crippen LogP contribution < -0.4 is 5.32 Å². The number of hydrogen-bond donors (Lipinski definition) is 1. The molecule has 2 heterocycles. The van der Waals surface area contributed by atoms with E-state index in [1.165, 1.54) is 6.42 Å². The van der Waals surface area contributed by atoms with E-state index in [-0.39, 0.29) is 23.9 Å². The zero-order valence-corrected chi connectivity index (χ0v) is 11.3. The normalized spacial score (nSPS) is 26.6. The summed E-state index contributed by atoms with van der Waals surface area (Å²) >= 11 is 0. The van der Waals surface area contributed by atoms with Gasteiger partial charge in [-0.15, -0.1) is 0 Å². The Kier molecular flexibility index (Phi) is 4.22. The van der Waals surface area contributed by atoms with Gasteiger partial charge in [-0.3, -0.25) is 14.9 Å². The molecule has 0 aromatic rings. The summed E-state index contributed by atoms with van der Waals surface area (Å²) in [7, 11) is 1.81. The Morgan fingerprint density at radius 3 is 2.50 bits per heavy atom. The molecular formula is C13H23N3O2. The van der Waals surface area contributed by atoms with Gasteiger partial charge in [0.15, 0.2) is 0 Å². The molecule has 2 aliphatic heterocycles. The molecule has 5 heteroatoms. The van der Waals surface area contributed by atoms with E-state index in [9.17, 15) is 9.59 Å². The number of piperidine rings is 1. The van der Waals surface area contributed by atoms with Crippen LogP contribution in [0.4, 0.5) is 0 Å². The molecule has 102 valence electrons. The van der Waals surface area contributed by atoms with E-state index in [0.29, 0.717) is 0 Å². The molecule has 0 saturated carbocycles. The highest BCUT2D eigenvalue weighted by atomic mass is 16.2. The summed E-state index contributed by atoms with van der Waals surface area (Å²) < 4.78 is 0. The predicted molar refractivity (Wildman–Crippen MR) is 69.1 cm³/mol. The quantitative estimate of drug-likeness (QED) is 0.782. The molecular weight excluding hydrogens is 230 g/mol. The zero-order chi connectivity index (χ0) is 13.1. The van der Waals surface area contributed by atoms with E-state index in [1.807, 2.05) is 11.8 Å². The third kappa shape index (κ3) is 2.83. The van der Waals surface area contributed by atoms with Gasteiger partial charge in [-0.05, 0) is 32.6 Å². The first kappa shape index (κ1) is 13.3. The van der Waals surface area contributed by atoms with E-state index in [4.69, 9.17) is 0 Å². The number of likely N-dealkylation sites (tertiary alicyclic amines) is 2. The first-order valence-corrected chi connectivity index (χ1v) is 6.89. The van der Waals surface area contributed by atoms with Crippen LogP contribution in [0.2, 0.25) is 0 Å². The van der Waals surface area contributed by atoms with E-state index < -0.39 is 0 Å². The molecule has 2 fully saturated rings. The van der Waals surface area contributed by atoms with Crippen LogP contribution in [0.15, 0.2) is 0 Å². The predicted octanol–water partition coefficient (Wildman–Crippen LogP) is 0.208. The Morgan fingerprint density at radius 2 is 1.94 bits per heavy atom. The number of nitrogens with one attached hydrogen (secondary N) is 1. The van der Waals surface area contributed by atoms with Gasteiger partial charge < -0.3 is 9.80 Å². The van der Waals surface area contributed by atoms with Gasteiger partial charge in [-0.25, -0.2) is 0 Å². The molecule has 18 heavy (non-hydrogen) atoms. The fourth-order valence-corrected chi connectivity index (χ4v) is 2.74. The lowest BCUT2D eigenvalue weighted by Crippen LogP contribution is -2.51. The molecule has 2 saturated heterocycles. The third-order valence-corrected chi connectivity index (χ3v) is 3.92. The molecule has 0 aliphatic carbocycles. The minimum atomic E-state index is -0.261. The topological polar surface area (TPSA) is 52.7 Å². The number of hydrogen-bond acceptors (Lipinski definition) is 3. The van der Waals surface area contributed by atoms with Crippen LogP contribution in [0, 0.1) is 0 Å². The maximum Gasteiger partial charge on any atom is 0.239 e. The summed E-state index contributed by atoms with van der Waals surface area (Å²) in [6.45, 7) is 4.37. The molecule has 5 nitrogen and oxygen atoms in total. The van der Waals surface area contributed by atoms with E-state index in [0.717, 1.165) is 38.9 Å². The Balaban J connectivity index is 1.85. The lowest BCUT2D eigenvalue weighted by atomic mass is 10.1. The van der Waals surface area contributed by atoms with Crippen molar-refractivity contribution in [2.75, 3.05) is 26.7 Å². The smallest absolute Gasteiger partial charge is 0.239 e. The van der Waals surface area contributed by atoms with Crippen molar-refractivity contribution in [1.29, 1.82) is 0 Å². The van der Waals surface area contributed by atoms with Crippen molar-refractivity contribution in [3.05, 3.63) is 0 Å². The number of nitrogens with zero attached hydrogens (tertiary/aromatic N) is 2. The minimum Gasteiger partial charge on any atom is -0.344 e. The van der Waals surface area contributed by atoms with Crippen LogP contribution in [0.3, 0.4) is 0 Å². The van der Waals surface area contributed by atoms with Gasteiger partial charge >= 0.3 is 0 Å². The van der Waals surface area contributed by atoms with Gasteiger partial charge in [-0.2, -0.15) is 0 Å². The molecule has 1 N–H and O–H groups in total. The van der Waals surface area contributed by atoms with Crippen molar-refractivity contribution >= 4 is 11.8 Å². The first-order chi connectivity index (χ1) is 8.59. The second kappa shape index (κ2) is 5.69. The van der Waals surface area contributed by atoms with Crippen molar-refractivity contribution in [3.63, 3.8) is 0 Å². The summed E-state index contributed by atoms with van der Waals surface area (Å²) in [6, 6.07) is -0.442. The van der Waals surface area contributed by atoms with Crippen LogP contribution in [0.5, 0.6) is 0 Å². The Hall–Kier alpha value is -1.10. The van der Waals surface area contributed by atoms with Gasteiger partial charge in [0.25, 0.3) is 0 Å². The first-order valence-electron chi connectivity index (χ1n) is 6.89. The number of rotatable bonds is 3. The second-order valence-corrected chi connectivity index (χ2v) is 5.38. The molecule has 0 aromatic carbocycles. The summed E-state index contributed by atoms with van der Waals surface area (Å²) in [5.41, 5.74) is 0. The van der Waals surface area contributed by atoms with Crippen molar-refractivity contribution in [2.45, 2.75) is 44.7 Å². The maximum absolute atomic E-state index is 12.2. The van der Waals surface area contributed by atoms with Crippen molar-refractivity contribution in [2.24, 2.45) is 0 Å². The molecule has 2 aliphatic rings. The summed E-state index contributed by atoms with van der Waals surface area (Å²) in [5.74, 6) is 0.241. The summed E-state index contributed by atoms with van der Waals surface area (Å²) in [5, 5.41) is 3.17. The molecule has 0 radical (unpaired) electrons. The van der Waals surface area contributed by atoms with Crippen LogP contribution in [0.25, 0.3) is 0 Å². The van der Waals surface area contributed by atoms with Gasteiger partial charge in [-0.1, -0.05) is 0 Å². The molecule has 2 unspecified atom stereocenters. The van der Waals surface area contributed by atoms with Crippen molar-refractivity contribution < 1.29 is 9.59 Å². The molecule has 2 amide bonds.